The van der Waals surface area contributed by atoms with E-state index in [9.17, 15) is 14.4 Å². The Bertz CT molecular complexity index is 1130. The van der Waals surface area contributed by atoms with Crippen molar-refractivity contribution in [2.24, 2.45) is 0 Å². The number of ether oxygens (including phenoxy) is 2. The van der Waals surface area contributed by atoms with Gasteiger partial charge in [0, 0.05) is 56.1 Å². The Labute approximate surface area is 223 Å². The minimum absolute atomic E-state index is 0.0109. The molecule has 1 unspecified atom stereocenters. The number of esters is 1. The zero-order valence-electron chi connectivity index (χ0n) is 21.9. The molecule has 2 aliphatic heterocycles. The summed E-state index contributed by atoms with van der Waals surface area (Å²) >= 11 is 0. The number of nitrogens with zero attached hydrogens (tertiary/aromatic N) is 3. The first-order valence-corrected chi connectivity index (χ1v) is 13.0. The minimum atomic E-state index is -0.391. The van der Waals surface area contributed by atoms with Crippen LogP contribution in [-0.4, -0.2) is 91.6 Å². The molecule has 2 aliphatic rings. The van der Waals surface area contributed by atoms with Crippen LogP contribution in [0.5, 0.6) is 0 Å². The summed E-state index contributed by atoms with van der Waals surface area (Å²) in [4.78, 5) is 42.8. The molecule has 38 heavy (non-hydrogen) atoms. The van der Waals surface area contributed by atoms with Crippen molar-refractivity contribution in [3.8, 4) is 0 Å². The summed E-state index contributed by atoms with van der Waals surface area (Å²) in [6, 6.07) is 15.7. The highest BCUT2D eigenvalue weighted by Crippen LogP contribution is 2.23. The van der Waals surface area contributed by atoms with Crippen LogP contribution in [0, 0.1) is 5.41 Å². The van der Waals surface area contributed by atoms with Gasteiger partial charge in [0.1, 0.15) is 11.9 Å². The van der Waals surface area contributed by atoms with E-state index >= 15 is 0 Å². The largest absolute Gasteiger partial charge is 0.463 e. The van der Waals surface area contributed by atoms with E-state index in [1.807, 2.05) is 19.9 Å². The molecule has 0 saturated carbocycles. The Hall–Kier alpha value is -3.76. The number of hydrogen-bond acceptors (Lipinski definition) is 8. The van der Waals surface area contributed by atoms with Crippen molar-refractivity contribution in [3.63, 3.8) is 0 Å². The molecule has 2 fully saturated rings. The molecule has 10 heteroatoms. The van der Waals surface area contributed by atoms with Crippen molar-refractivity contribution < 1.29 is 23.9 Å². The SMILES string of the molecule is CC(C)OC(=O)CCN1CCN(CC2CN(c3ccc(C(=N)NC(=O)c4ccccc4)cc3)C(=O)O2)CC1. The molecule has 0 aromatic heterocycles. The highest BCUT2D eigenvalue weighted by Gasteiger charge is 2.34. The topological polar surface area (TPSA) is 115 Å². The molecule has 2 N–H and O–H groups in total. The maximum absolute atomic E-state index is 12.6. The van der Waals surface area contributed by atoms with E-state index in [0.717, 1.165) is 26.2 Å². The van der Waals surface area contributed by atoms with E-state index < -0.39 is 6.09 Å². The van der Waals surface area contributed by atoms with Crippen LogP contribution < -0.4 is 10.2 Å². The van der Waals surface area contributed by atoms with Crippen LogP contribution in [0.25, 0.3) is 0 Å². The lowest BCUT2D eigenvalue weighted by Crippen LogP contribution is -2.49. The number of amides is 2. The molecule has 0 radical (unpaired) electrons. The van der Waals surface area contributed by atoms with Gasteiger partial charge in [-0.05, 0) is 50.2 Å². The van der Waals surface area contributed by atoms with Crippen molar-refractivity contribution in [2.75, 3.05) is 50.7 Å². The molecule has 2 saturated heterocycles. The molecular formula is C28H35N5O5. The number of anilines is 1. The Morgan fingerprint density at radius 1 is 1.00 bits per heavy atom. The lowest BCUT2D eigenvalue weighted by Gasteiger charge is -2.35. The number of rotatable bonds is 9. The second kappa shape index (κ2) is 12.7. The van der Waals surface area contributed by atoms with Crippen LogP contribution in [0.4, 0.5) is 10.5 Å². The van der Waals surface area contributed by atoms with E-state index in [1.165, 1.54) is 0 Å². The fraction of sp³-hybridized carbons (Fsp3) is 0.429. The molecule has 202 valence electrons. The first kappa shape index (κ1) is 27.3. The quantitative estimate of drug-likeness (QED) is 0.296. The average Bonchev–Trinajstić information content (AvgIpc) is 3.28. The summed E-state index contributed by atoms with van der Waals surface area (Å²) in [5.74, 6) is -0.523. The van der Waals surface area contributed by atoms with Gasteiger partial charge in [0.2, 0.25) is 0 Å². The second-order valence-electron chi connectivity index (χ2n) is 9.79. The molecule has 2 heterocycles. The Balaban J connectivity index is 1.22. The van der Waals surface area contributed by atoms with Crippen LogP contribution in [0.3, 0.4) is 0 Å². The molecule has 10 nitrogen and oxygen atoms in total. The molecule has 2 aromatic carbocycles. The van der Waals surface area contributed by atoms with Gasteiger partial charge in [-0.25, -0.2) is 4.79 Å². The summed E-state index contributed by atoms with van der Waals surface area (Å²) < 4.78 is 10.8. The summed E-state index contributed by atoms with van der Waals surface area (Å²) in [6.45, 7) is 8.89. The third-order valence-electron chi connectivity index (χ3n) is 6.54. The highest BCUT2D eigenvalue weighted by molar-refractivity contribution is 6.11. The van der Waals surface area contributed by atoms with Gasteiger partial charge in [0.05, 0.1) is 19.1 Å². The summed E-state index contributed by atoms with van der Waals surface area (Å²) in [6.07, 6.45) is -0.326. The number of benzene rings is 2. The number of amidine groups is 1. The van der Waals surface area contributed by atoms with Crippen LogP contribution in [-0.2, 0) is 14.3 Å². The van der Waals surface area contributed by atoms with Crippen molar-refractivity contribution in [2.45, 2.75) is 32.5 Å². The van der Waals surface area contributed by atoms with Crippen molar-refractivity contribution in [3.05, 3.63) is 65.7 Å². The van der Waals surface area contributed by atoms with Gasteiger partial charge >= 0.3 is 12.1 Å². The van der Waals surface area contributed by atoms with Gasteiger partial charge in [-0.3, -0.25) is 24.8 Å². The predicted molar refractivity (Wildman–Crippen MR) is 144 cm³/mol. The maximum atomic E-state index is 12.6. The Morgan fingerprint density at radius 3 is 2.32 bits per heavy atom. The number of cyclic esters (lactones) is 1. The van der Waals surface area contributed by atoms with Crippen molar-refractivity contribution in [1.29, 1.82) is 5.41 Å². The summed E-state index contributed by atoms with van der Waals surface area (Å²) in [7, 11) is 0. The summed E-state index contributed by atoms with van der Waals surface area (Å²) in [5, 5.41) is 10.8. The maximum Gasteiger partial charge on any atom is 0.414 e. The average molecular weight is 522 g/mol. The first-order valence-electron chi connectivity index (χ1n) is 13.0. The van der Waals surface area contributed by atoms with E-state index in [4.69, 9.17) is 14.9 Å². The zero-order chi connectivity index (χ0) is 27.1. The fourth-order valence-electron chi connectivity index (χ4n) is 4.54. The molecule has 0 bridgehead atoms. The van der Waals surface area contributed by atoms with Crippen molar-refractivity contribution in [1.82, 2.24) is 15.1 Å². The number of hydrogen-bond donors (Lipinski definition) is 2. The van der Waals surface area contributed by atoms with Crippen molar-refractivity contribution >= 4 is 29.5 Å². The number of carbonyl (C=O) groups excluding carboxylic acids is 3. The van der Waals surface area contributed by atoms with Crippen LogP contribution >= 0.6 is 0 Å². The smallest absolute Gasteiger partial charge is 0.414 e. The van der Waals surface area contributed by atoms with Crippen LogP contribution in [0.1, 0.15) is 36.2 Å². The van der Waals surface area contributed by atoms with Crippen LogP contribution in [0.2, 0.25) is 0 Å². The van der Waals surface area contributed by atoms with E-state index in [1.54, 1.807) is 53.4 Å². The molecule has 0 aliphatic carbocycles. The molecule has 2 amide bonds. The Morgan fingerprint density at radius 2 is 1.66 bits per heavy atom. The molecular weight excluding hydrogens is 486 g/mol. The van der Waals surface area contributed by atoms with E-state index in [-0.39, 0.29) is 29.9 Å². The van der Waals surface area contributed by atoms with Crippen LogP contribution in [0.15, 0.2) is 54.6 Å². The molecule has 2 aromatic rings. The lowest BCUT2D eigenvalue weighted by atomic mass is 10.1. The minimum Gasteiger partial charge on any atom is -0.463 e. The van der Waals surface area contributed by atoms with Gasteiger partial charge in [0.15, 0.2) is 0 Å². The van der Waals surface area contributed by atoms with Gasteiger partial charge in [0.25, 0.3) is 5.91 Å². The van der Waals surface area contributed by atoms with Gasteiger partial charge in [-0.1, -0.05) is 18.2 Å². The second-order valence-corrected chi connectivity index (χ2v) is 9.79. The van der Waals surface area contributed by atoms with Gasteiger partial charge in [-0.2, -0.15) is 0 Å². The predicted octanol–water partition coefficient (Wildman–Crippen LogP) is 2.73. The molecule has 4 rings (SSSR count). The highest BCUT2D eigenvalue weighted by atomic mass is 16.6. The third kappa shape index (κ3) is 7.39. The number of nitrogens with one attached hydrogen (secondary N) is 2. The first-order chi connectivity index (χ1) is 18.3. The molecule has 0 spiro atoms. The normalized spacial score (nSPS) is 18.3. The Kier molecular flexibility index (Phi) is 9.09. The van der Waals surface area contributed by atoms with E-state index in [2.05, 4.69) is 15.1 Å². The fourth-order valence-corrected chi connectivity index (χ4v) is 4.54. The molecule has 1 atom stereocenters. The van der Waals surface area contributed by atoms with E-state index in [0.29, 0.717) is 42.9 Å². The lowest BCUT2D eigenvalue weighted by molar-refractivity contribution is -0.147. The monoisotopic (exact) mass is 521 g/mol. The third-order valence-corrected chi connectivity index (χ3v) is 6.54. The number of piperazine rings is 1. The number of carbonyl (C=O) groups is 3. The summed E-state index contributed by atoms with van der Waals surface area (Å²) in [5.41, 5.74) is 1.70. The van der Waals surface area contributed by atoms with Gasteiger partial charge < -0.3 is 19.7 Å². The standard InChI is InChI=1S/C28H35N5O5/c1-20(2)37-25(34)12-13-31-14-16-32(17-15-31)18-24-19-33(28(36)38-24)23-10-8-21(9-11-23)26(29)30-27(35)22-6-4-3-5-7-22/h3-11,20,24H,12-19H2,1-2H3,(H2,29,30,35). The zero-order valence-corrected chi connectivity index (χ0v) is 21.9. The van der Waals surface area contributed by atoms with Gasteiger partial charge in [-0.15, -0.1) is 0 Å².